The number of aliphatic hydroxyl groups is 1. The fourth-order valence-electron chi connectivity index (χ4n) is 7.68. The second-order valence-corrected chi connectivity index (χ2v) is 13.1. The Bertz CT molecular complexity index is 1290. The molecule has 1 N–H and O–H groups in total. The van der Waals surface area contributed by atoms with Crippen molar-refractivity contribution in [1.82, 2.24) is 14.7 Å². The molecular weight excluding hydrogens is 586 g/mol. The number of allylic oxidation sites excluding steroid dienone is 1. The number of amides is 3. The van der Waals surface area contributed by atoms with Crippen molar-refractivity contribution in [2.24, 2.45) is 11.8 Å². The van der Waals surface area contributed by atoms with E-state index in [0.717, 1.165) is 18.4 Å². The molecule has 10 heteroatoms. The van der Waals surface area contributed by atoms with E-state index >= 15 is 0 Å². The van der Waals surface area contributed by atoms with Crippen LogP contribution in [0.2, 0.25) is 0 Å². The molecule has 0 radical (unpaired) electrons. The predicted octanol–water partition coefficient (Wildman–Crippen LogP) is 4.04. The first-order chi connectivity index (χ1) is 22.0. The van der Waals surface area contributed by atoms with E-state index in [-0.39, 0.29) is 36.8 Å². The Morgan fingerprint density at radius 2 is 1.87 bits per heavy atom. The summed E-state index contributed by atoms with van der Waals surface area (Å²) >= 11 is 0. The van der Waals surface area contributed by atoms with E-state index in [0.29, 0.717) is 25.8 Å². The molecule has 1 aromatic rings. The van der Waals surface area contributed by atoms with Gasteiger partial charge >= 0.3 is 5.97 Å². The highest BCUT2D eigenvalue weighted by molar-refractivity contribution is 5.98. The highest BCUT2D eigenvalue weighted by Gasteiger charge is 2.75. The smallest absolute Gasteiger partial charge is 0.313 e. The van der Waals surface area contributed by atoms with E-state index in [1.807, 2.05) is 44.2 Å². The molecule has 3 fully saturated rings. The van der Waals surface area contributed by atoms with Gasteiger partial charge in [0, 0.05) is 26.1 Å². The second kappa shape index (κ2) is 14.9. The normalized spacial score (nSPS) is 27.3. The van der Waals surface area contributed by atoms with E-state index in [4.69, 9.17) is 9.47 Å². The van der Waals surface area contributed by atoms with Gasteiger partial charge in [0.05, 0.1) is 36.6 Å². The number of rotatable bonds is 16. The Hall–Kier alpha value is -3.50. The molecule has 3 saturated heterocycles. The van der Waals surface area contributed by atoms with Crippen molar-refractivity contribution in [1.29, 1.82) is 0 Å². The summed E-state index contributed by atoms with van der Waals surface area (Å²) in [7, 11) is 1.69. The van der Waals surface area contributed by atoms with Gasteiger partial charge in [-0.3, -0.25) is 19.2 Å². The number of fused-ring (bicyclic) bond motifs is 1. The van der Waals surface area contributed by atoms with Crippen LogP contribution in [0.25, 0.3) is 0 Å². The predicted molar refractivity (Wildman–Crippen MR) is 174 cm³/mol. The Kier molecular flexibility index (Phi) is 11.5. The van der Waals surface area contributed by atoms with Gasteiger partial charge in [0.1, 0.15) is 17.7 Å². The van der Waals surface area contributed by atoms with Crippen LogP contribution < -0.4 is 0 Å². The van der Waals surface area contributed by atoms with Crippen molar-refractivity contribution in [3.8, 4) is 0 Å². The van der Waals surface area contributed by atoms with Crippen LogP contribution in [0.5, 0.6) is 0 Å². The van der Waals surface area contributed by atoms with Gasteiger partial charge in [-0.15, -0.1) is 13.2 Å². The van der Waals surface area contributed by atoms with E-state index in [1.54, 1.807) is 35.9 Å². The SMILES string of the molecule is C=CCCC(=O)N(C)[C@H](C)[C@H](OC(=O)[C@@H]1[C@@H]2CC[C@]3(O2)[C@H](C(=O)N(CC=C)C(C)CCC)N([C@H](C)CO)C(=O)[C@@H]13)c1ccccc1. The van der Waals surface area contributed by atoms with E-state index in [9.17, 15) is 24.3 Å². The zero-order valence-corrected chi connectivity index (χ0v) is 28.0. The summed E-state index contributed by atoms with van der Waals surface area (Å²) in [6.45, 7) is 15.1. The summed E-state index contributed by atoms with van der Waals surface area (Å²) in [6.07, 6.45) is 5.35. The number of nitrogens with zero attached hydrogens (tertiary/aromatic N) is 3. The van der Waals surface area contributed by atoms with Gasteiger partial charge in [-0.25, -0.2) is 0 Å². The zero-order valence-electron chi connectivity index (χ0n) is 28.0. The summed E-state index contributed by atoms with van der Waals surface area (Å²) in [5.74, 6) is -3.21. The zero-order chi connectivity index (χ0) is 33.8. The molecule has 10 nitrogen and oxygen atoms in total. The van der Waals surface area contributed by atoms with Gasteiger partial charge in [-0.2, -0.15) is 0 Å². The van der Waals surface area contributed by atoms with Crippen LogP contribution in [0.3, 0.4) is 0 Å². The minimum absolute atomic E-state index is 0.103. The van der Waals surface area contributed by atoms with Crippen molar-refractivity contribution >= 4 is 23.7 Å². The summed E-state index contributed by atoms with van der Waals surface area (Å²) in [5.41, 5.74) is -0.500. The molecule has 3 aliphatic heterocycles. The molecule has 1 unspecified atom stereocenters. The number of carbonyl (C=O) groups is 4. The highest BCUT2D eigenvalue weighted by atomic mass is 16.6. The summed E-state index contributed by atoms with van der Waals surface area (Å²) in [4.78, 5) is 60.8. The molecule has 0 aromatic heterocycles. The summed E-state index contributed by atoms with van der Waals surface area (Å²) in [5, 5.41) is 10.2. The lowest BCUT2D eigenvalue weighted by Gasteiger charge is -2.40. The maximum Gasteiger partial charge on any atom is 0.313 e. The lowest BCUT2D eigenvalue weighted by Crippen LogP contribution is -2.59. The van der Waals surface area contributed by atoms with Crippen molar-refractivity contribution in [3.63, 3.8) is 0 Å². The first kappa shape index (κ1) is 35.4. The van der Waals surface area contributed by atoms with Gasteiger partial charge in [0.25, 0.3) is 0 Å². The molecule has 252 valence electrons. The standard InChI is InChI=1S/C36H51N3O7/c1-8-11-18-28(41)37(7)25(6)31(26-16-13-12-14-17-26)45-35(44)29-27-19-20-36(46-27)30(29)33(42)39(24(5)22-40)32(36)34(43)38(21-10-3)23(4)15-9-2/h8,10,12-14,16-17,23-25,27,29-32,40H,1,3,9,11,15,18-22H2,2,4-7H3/t23?,24-,25-,27+,29-,30-,31+,32+,36-/m1/s1. The van der Waals surface area contributed by atoms with Crippen LogP contribution in [0.4, 0.5) is 0 Å². The Labute approximate surface area is 273 Å². The first-order valence-corrected chi connectivity index (χ1v) is 16.6. The number of aliphatic hydroxyl groups excluding tert-OH is 1. The third-order valence-electron chi connectivity index (χ3n) is 10.2. The largest absolute Gasteiger partial charge is 0.455 e. The number of likely N-dealkylation sites (tertiary alicyclic amines) is 1. The van der Waals surface area contributed by atoms with Crippen LogP contribution >= 0.6 is 0 Å². The Balaban J connectivity index is 1.69. The third kappa shape index (κ3) is 6.38. The average Bonchev–Trinajstić information content (AvgIpc) is 3.71. The molecule has 2 bridgehead atoms. The topological polar surface area (TPSA) is 117 Å². The van der Waals surface area contributed by atoms with E-state index in [1.165, 1.54) is 4.90 Å². The molecule has 46 heavy (non-hydrogen) atoms. The van der Waals surface area contributed by atoms with Gasteiger partial charge in [-0.05, 0) is 52.0 Å². The molecule has 9 atom stereocenters. The second-order valence-electron chi connectivity index (χ2n) is 13.1. The van der Waals surface area contributed by atoms with E-state index in [2.05, 4.69) is 20.1 Å². The monoisotopic (exact) mass is 637 g/mol. The number of hydrogen-bond donors (Lipinski definition) is 1. The molecule has 1 spiro atoms. The van der Waals surface area contributed by atoms with Crippen LogP contribution in [-0.4, -0.2) is 99.6 Å². The van der Waals surface area contributed by atoms with Crippen molar-refractivity contribution in [2.45, 2.75) is 108 Å². The average molecular weight is 638 g/mol. The summed E-state index contributed by atoms with van der Waals surface area (Å²) < 4.78 is 12.9. The lowest BCUT2D eigenvalue weighted by atomic mass is 9.70. The molecule has 4 rings (SSSR count). The number of carbonyl (C=O) groups excluding carboxylic acids is 4. The Morgan fingerprint density at radius 1 is 1.17 bits per heavy atom. The molecule has 0 aliphatic carbocycles. The fourth-order valence-corrected chi connectivity index (χ4v) is 7.68. The Morgan fingerprint density at radius 3 is 2.48 bits per heavy atom. The number of benzene rings is 1. The summed E-state index contributed by atoms with van der Waals surface area (Å²) in [6, 6.07) is 6.97. The number of hydrogen-bond acceptors (Lipinski definition) is 7. The number of ether oxygens (including phenoxy) is 2. The van der Waals surface area contributed by atoms with Gasteiger partial charge in [0.15, 0.2) is 0 Å². The molecule has 3 heterocycles. The minimum Gasteiger partial charge on any atom is -0.455 e. The van der Waals surface area contributed by atoms with Crippen LogP contribution in [0.15, 0.2) is 55.6 Å². The highest BCUT2D eigenvalue weighted by Crippen LogP contribution is 2.59. The first-order valence-electron chi connectivity index (χ1n) is 16.6. The van der Waals surface area contributed by atoms with Crippen LogP contribution in [0.1, 0.15) is 77.9 Å². The molecule has 3 amide bonds. The number of likely N-dealkylation sites (N-methyl/N-ethyl adjacent to an activating group) is 1. The molecular formula is C36H51N3O7. The van der Waals surface area contributed by atoms with Crippen molar-refractivity contribution in [2.75, 3.05) is 20.2 Å². The van der Waals surface area contributed by atoms with Gasteiger partial charge < -0.3 is 29.3 Å². The van der Waals surface area contributed by atoms with Crippen LogP contribution in [-0.2, 0) is 28.7 Å². The lowest BCUT2D eigenvalue weighted by molar-refractivity contribution is -0.165. The maximum atomic E-state index is 14.5. The van der Waals surface area contributed by atoms with Gasteiger partial charge in [-0.1, -0.05) is 55.8 Å². The van der Waals surface area contributed by atoms with E-state index < -0.39 is 53.7 Å². The maximum absolute atomic E-state index is 14.5. The van der Waals surface area contributed by atoms with Gasteiger partial charge in [0.2, 0.25) is 17.7 Å². The molecule has 0 saturated carbocycles. The molecule has 3 aliphatic rings. The minimum atomic E-state index is -1.22. The van der Waals surface area contributed by atoms with Crippen molar-refractivity contribution in [3.05, 3.63) is 61.2 Å². The number of esters is 1. The van der Waals surface area contributed by atoms with Crippen LogP contribution in [0, 0.1) is 11.8 Å². The van der Waals surface area contributed by atoms with Crippen molar-refractivity contribution < 1.29 is 33.8 Å². The third-order valence-corrected chi connectivity index (χ3v) is 10.2. The molecule has 1 aromatic carbocycles. The quantitative estimate of drug-likeness (QED) is 0.215. The fraction of sp³-hybridized carbons (Fsp3) is 0.611.